The van der Waals surface area contributed by atoms with Crippen molar-refractivity contribution in [1.82, 2.24) is 5.32 Å². The Bertz CT molecular complexity index is 723. The Morgan fingerprint density at radius 1 is 1.09 bits per heavy atom. The van der Waals surface area contributed by atoms with Crippen LogP contribution in [0.5, 0.6) is 0 Å². The second kappa shape index (κ2) is 7.08. The molecule has 22 heavy (non-hydrogen) atoms. The number of hydrogen-bond donors (Lipinski definition) is 3. The van der Waals surface area contributed by atoms with Gasteiger partial charge in [0, 0.05) is 6.20 Å². The average molecular weight is 295 g/mol. The predicted molar refractivity (Wildman–Crippen MR) is 87.3 cm³/mol. The Hall–Kier alpha value is -3.08. The van der Waals surface area contributed by atoms with Gasteiger partial charge in [-0.2, -0.15) is 0 Å². The summed E-state index contributed by atoms with van der Waals surface area (Å²) in [6.45, 7) is 2.00. The van der Waals surface area contributed by atoms with Crippen LogP contribution < -0.4 is 16.4 Å². The summed E-state index contributed by atoms with van der Waals surface area (Å²) in [6.07, 6.45) is 3.32. The summed E-state index contributed by atoms with van der Waals surface area (Å²) in [6, 6.07) is 14.0. The number of primary amides is 1. The minimum Gasteiger partial charge on any atom is -0.366 e. The zero-order valence-corrected chi connectivity index (χ0v) is 12.2. The Balaban J connectivity index is 1.98. The molecule has 5 heteroatoms. The maximum Gasteiger partial charge on any atom is 0.323 e. The summed E-state index contributed by atoms with van der Waals surface area (Å²) in [7, 11) is 0. The lowest BCUT2D eigenvalue weighted by molar-refractivity contribution is 0.100. The third kappa shape index (κ3) is 4.21. The molecule has 0 bridgehead atoms. The third-order valence-electron chi connectivity index (χ3n) is 2.97. The van der Waals surface area contributed by atoms with Gasteiger partial charge in [-0.25, -0.2) is 4.79 Å². The Morgan fingerprint density at radius 2 is 1.86 bits per heavy atom. The summed E-state index contributed by atoms with van der Waals surface area (Å²) >= 11 is 0. The van der Waals surface area contributed by atoms with Crippen molar-refractivity contribution < 1.29 is 9.59 Å². The highest BCUT2D eigenvalue weighted by Crippen LogP contribution is 2.13. The van der Waals surface area contributed by atoms with E-state index >= 15 is 0 Å². The molecule has 2 rings (SSSR count). The molecule has 5 nitrogen and oxygen atoms in total. The summed E-state index contributed by atoms with van der Waals surface area (Å²) in [5, 5.41) is 5.17. The number of para-hydroxylation sites is 1. The Morgan fingerprint density at radius 3 is 2.59 bits per heavy atom. The first-order chi connectivity index (χ1) is 10.6. The van der Waals surface area contributed by atoms with Gasteiger partial charge in [-0.15, -0.1) is 0 Å². The number of carbonyl (C=O) groups excluding carboxylic acids is 2. The number of benzene rings is 2. The molecule has 0 heterocycles. The molecule has 0 aromatic heterocycles. The molecule has 2 aromatic rings. The lowest BCUT2D eigenvalue weighted by Gasteiger charge is -2.08. The number of urea groups is 1. The number of hydrogen-bond acceptors (Lipinski definition) is 2. The maximum absolute atomic E-state index is 11.8. The van der Waals surface area contributed by atoms with Gasteiger partial charge in [0.15, 0.2) is 0 Å². The molecule has 3 amide bonds. The number of nitrogens with one attached hydrogen (secondary N) is 2. The molecule has 0 saturated carbocycles. The monoisotopic (exact) mass is 295 g/mol. The number of carbonyl (C=O) groups is 2. The Labute approximate surface area is 128 Å². The lowest BCUT2D eigenvalue weighted by Crippen LogP contribution is -2.25. The van der Waals surface area contributed by atoms with E-state index in [1.54, 1.807) is 30.3 Å². The van der Waals surface area contributed by atoms with Crippen LogP contribution in [0.25, 0.3) is 6.08 Å². The predicted octanol–water partition coefficient (Wildman–Crippen LogP) is 2.89. The molecule has 4 N–H and O–H groups in total. The fourth-order valence-corrected chi connectivity index (χ4v) is 1.95. The largest absolute Gasteiger partial charge is 0.366 e. The van der Waals surface area contributed by atoms with Crippen LogP contribution in [0, 0.1) is 6.92 Å². The molecular formula is C17H17N3O2. The highest BCUT2D eigenvalue weighted by atomic mass is 16.2. The van der Waals surface area contributed by atoms with Gasteiger partial charge >= 0.3 is 6.03 Å². The number of rotatable bonds is 4. The van der Waals surface area contributed by atoms with E-state index in [0.29, 0.717) is 5.69 Å². The zero-order chi connectivity index (χ0) is 15.9. The van der Waals surface area contributed by atoms with Crippen LogP contribution >= 0.6 is 0 Å². The van der Waals surface area contributed by atoms with E-state index in [-0.39, 0.29) is 5.56 Å². The number of anilines is 1. The summed E-state index contributed by atoms with van der Waals surface area (Å²) in [5.74, 6) is -0.591. The SMILES string of the molecule is Cc1cccc(/C=C/NC(=O)Nc2ccccc2C(N)=O)c1. The summed E-state index contributed by atoms with van der Waals surface area (Å²) in [5.41, 5.74) is 8.02. The molecule has 0 spiro atoms. The smallest absolute Gasteiger partial charge is 0.323 e. The van der Waals surface area contributed by atoms with Crippen LogP contribution in [0.4, 0.5) is 10.5 Å². The van der Waals surface area contributed by atoms with Crippen LogP contribution in [0.1, 0.15) is 21.5 Å². The first kappa shape index (κ1) is 15.3. The van der Waals surface area contributed by atoms with Gasteiger partial charge in [0.05, 0.1) is 11.3 Å². The van der Waals surface area contributed by atoms with Gasteiger partial charge in [-0.1, -0.05) is 42.0 Å². The van der Waals surface area contributed by atoms with Gasteiger partial charge in [-0.05, 0) is 30.7 Å². The van der Waals surface area contributed by atoms with Crippen molar-refractivity contribution in [2.45, 2.75) is 6.92 Å². The minimum absolute atomic E-state index is 0.264. The van der Waals surface area contributed by atoms with Crippen molar-refractivity contribution >= 4 is 23.7 Å². The van der Waals surface area contributed by atoms with Crippen LogP contribution in [-0.2, 0) is 0 Å². The normalized spacial score (nSPS) is 10.4. The molecule has 0 saturated heterocycles. The fourth-order valence-electron chi connectivity index (χ4n) is 1.95. The van der Waals surface area contributed by atoms with Crippen molar-refractivity contribution in [2.75, 3.05) is 5.32 Å². The first-order valence-corrected chi connectivity index (χ1v) is 6.76. The molecule has 0 aliphatic heterocycles. The van der Waals surface area contributed by atoms with Crippen LogP contribution in [0.15, 0.2) is 54.7 Å². The fraction of sp³-hybridized carbons (Fsp3) is 0.0588. The molecule has 2 aromatic carbocycles. The lowest BCUT2D eigenvalue weighted by atomic mass is 10.1. The molecule has 0 unspecified atom stereocenters. The molecular weight excluding hydrogens is 278 g/mol. The quantitative estimate of drug-likeness (QED) is 0.810. The number of amides is 3. The van der Waals surface area contributed by atoms with Gasteiger partial charge in [0.1, 0.15) is 0 Å². The van der Waals surface area contributed by atoms with Crippen molar-refractivity contribution in [3.05, 3.63) is 71.4 Å². The molecule has 0 atom stereocenters. The van der Waals surface area contributed by atoms with Crippen molar-refractivity contribution in [3.63, 3.8) is 0 Å². The van der Waals surface area contributed by atoms with Crippen molar-refractivity contribution in [2.24, 2.45) is 5.73 Å². The van der Waals surface area contributed by atoms with Gasteiger partial charge in [0.2, 0.25) is 0 Å². The summed E-state index contributed by atoms with van der Waals surface area (Å²) < 4.78 is 0. The van der Waals surface area contributed by atoms with Crippen molar-refractivity contribution in [1.29, 1.82) is 0 Å². The van der Waals surface area contributed by atoms with Gasteiger partial charge in [0.25, 0.3) is 5.91 Å². The van der Waals surface area contributed by atoms with Crippen molar-refractivity contribution in [3.8, 4) is 0 Å². The minimum atomic E-state index is -0.591. The number of nitrogens with two attached hydrogens (primary N) is 1. The first-order valence-electron chi connectivity index (χ1n) is 6.76. The number of aryl methyl sites for hydroxylation is 1. The average Bonchev–Trinajstić information content (AvgIpc) is 2.47. The summed E-state index contributed by atoms with van der Waals surface area (Å²) in [4.78, 5) is 23.1. The topological polar surface area (TPSA) is 84.2 Å². The molecule has 0 radical (unpaired) electrons. The van der Waals surface area contributed by atoms with Gasteiger partial charge < -0.3 is 16.4 Å². The van der Waals surface area contributed by atoms with E-state index in [1.165, 1.54) is 6.20 Å². The highest BCUT2D eigenvalue weighted by Gasteiger charge is 2.08. The second-order valence-electron chi connectivity index (χ2n) is 4.76. The van der Waals surface area contributed by atoms with E-state index in [4.69, 9.17) is 5.73 Å². The highest BCUT2D eigenvalue weighted by molar-refractivity contribution is 6.02. The molecule has 0 fully saturated rings. The van der Waals surface area contributed by atoms with E-state index in [2.05, 4.69) is 10.6 Å². The van der Waals surface area contributed by atoms with E-state index in [9.17, 15) is 9.59 Å². The van der Waals surface area contributed by atoms with E-state index in [0.717, 1.165) is 11.1 Å². The maximum atomic E-state index is 11.8. The Kier molecular flexibility index (Phi) is 4.93. The van der Waals surface area contributed by atoms with Crippen LogP contribution in [0.2, 0.25) is 0 Å². The van der Waals surface area contributed by atoms with Gasteiger partial charge in [-0.3, -0.25) is 4.79 Å². The molecule has 0 aliphatic rings. The molecule has 112 valence electrons. The van der Waals surface area contributed by atoms with E-state index in [1.807, 2.05) is 31.2 Å². The molecule has 0 aliphatic carbocycles. The second-order valence-corrected chi connectivity index (χ2v) is 4.76. The zero-order valence-electron chi connectivity index (χ0n) is 12.2. The third-order valence-corrected chi connectivity index (χ3v) is 2.97. The standard InChI is InChI=1S/C17H17N3O2/c1-12-5-4-6-13(11-12)9-10-19-17(22)20-15-8-3-2-7-14(15)16(18)21/h2-11H,1H3,(H2,18,21)(H2,19,20,22)/b10-9+. The van der Waals surface area contributed by atoms with Crippen LogP contribution in [0.3, 0.4) is 0 Å². The van der Waals surface area contributed by atoms with E-state index < -0.39 is 11.9 Å². The van der Waals surface area contributed by atoms with Crippen LogP contribution in [-0.4, -0.2) is 11.9 Å².